The highest BCUT2D eigenvalue weighted by molar-refractivity contribution is 5.90. The van der Waals surface area contributed by atoms with Crippen molar-refractivity contribution >= 4 is 11.7 Å². The molecule has 4 aromatic rings. The van der Waals surface area contributed by atoms with Crippen LogP contribution in [0.5, 0.6) is 0 Å². The first-order valence-electron chi connectivity index (χ1n) is 9.83. The molecule has 6 heteroatoms. The molecule has 4 rings (SSSR count). The summed E-state index contributed by atoms with van der Waals surface area (Å²) in [5.41, 5.74) is 3.51. The number of carbonyl (C=O) groups excluding carboxylic acids is 1. The predicted molar refractivity (Wildman–Crippen MR) is 116 cm³/mol. The molecule has 1 atom stereocenters. The lowest BCUT2D eigenvalue weighted by Gasteiger charge is -2.17. The standard InChI is InChI=1S/C24H22N4O2/c1-2-17-11-9-10-16-20(17)25-24(29)26-21(18-12-5-3-6-13-18)23-28-27-22(30-23)19-14-7-4-8-15-19/h3-16,21H,2H2,1H3,(H2,25,26,29)/t21-/m0/s1. The monoisotopic (exact) mass is 398 g/mol. The highest BCUT2D eigenvalue weighted by Crippen LogP contribution is 2.25. The minimum Gasteiger partial charge on any atom is -0.418 e. The summed E-state index contributed by atoms with van der Waals surface area (Å²) in [6.07, 6.45) is 0.822. The van der Waals surface area contributed by atoms with Gasteiger partial charge in [-0.25, -0.2) is 4.79 Å². The van der Waals surface area contributed by atoms with Crippen LogP contribution in [0, 0.1) is 0 Å². The van der Waals surface area contributed by atoms with Gasteiger partial charge in [-0.15, -0.1) is 10.2 Å². The van der Waals surface area contributed by atoms with Crippen molar-refractivity contribution in [3.8, 4) is 11.5 Å². The first kappa shape index (κ1) is 19.4. The van der Waals surface area contributed by atoms with E-state index in [1.54, 1.807) is 0 Å². The van der Waals surface area contributed by atoms with Crippen molar-refractivity contribution < 1.29 is 9.21 Å². The largest absolute Gasteiger partial charge is 0.418 e. The number of nitrogens with zero attached hydrogens (tertiary/aromatic N) is 2. The van der Waals surface area contributed by atoms with Gasteiger partial charge >= 0.3 is 6.03 Å². The number of benzene rings is 3. The number of aromatic nitrogens is 2. The molecule has 2 N–H and O–H groups in total. The second kappa shape index (κ2) is 9.05. The summed E-state index contributed by atoms with van der Waals surface area (Å²) < 4.78 is 5.92. The van der Waals surface area contributed by atoms with Crippen molar-refractivity contribution in [3.05, 3.63) is 102 Å². The Labute approximate surface area is 175 Å². The van der Waals surface area contributed by atoms with Crippen LogP contribution in [0.25, 0.3) is 11.5 Å². The Hall–Kier alpha value is -3.93. The SMILES string of the molecule is CCc1ccccc1NC(=O)N[C@@H](c1ccccc1)c1nnc(-c2ccccc2)o1. The van der Waals surface area contributed by atoms with Crippen LogP contribution in [0.4, 0.5) is 10.5 Å². The second-order valence-corrected chi connectivity index (χ2v) is 6.76. The van der Waals surface area contributed by atoms with E-state index >= 15 is 0 Å². The molecule has 150 valence electrons. The van der Waals surface area contributed by atoms with E-state index in [9.17, 15) is 4.79 Å². The van der Waals surface area contributed by atoms with Gasteiger partial charge in [0.1, 0.15) is 6.04 Å². The van der Waals surface area contributed by atoms with E-state index in [4.69, 9.17) is 4.42 Å². The van der Waals surface area contributed by atoms with Gasteiger partial charge in [-0.2, -0.15) is 0 Å². The van der Waals surface area contributed by atoms with Crippen LogP contribution in [-0.4, -0.2) is 16.2 Å². The van der Waals surface area contributed by atoms with Crippen LogP contribution in [0.1, 0.15) is 30.0 Å². The third-order valence-electron chi connectivity index (χ3n) is 4.76. The molecule has 0 saturated heterocycles. The van der Waals surface area contributed by atoms with Crippen LogP contribution < -0.4 is 10.6 Å². The van der Waals surface area contributed by atoms with Crippen LogP contribution >= 0.6 is 0 Å². The molecule has 1 heterocycles. The maximum Gasteiger partial charge on any atom is 0.320 e. The Balaban J connectivity index is 1.60. The molecule has 0 aliphatic heterocycles. The summed E-state index contributed by atoms with van der Waals surface area (Å²) >= 11 is 0. The number of hydrogen-bond acceptors (Lipinski definition) is 4. The van der Waals surface area contributed by atoms with Crippen LogP contribution in [0.15, 0.2) is 89.3 Å². The van der Waals surface area contributed by atoms with Crippen LogP contribution in [-0.2, 0) is 6.42 Å². The molecule has 1 aromatic heterocycles. The Morgan fingerprint density at radius 3 is 2.30 bits per heavy atom. The molecule has 0 spiro atoms. The first-order valence-corrected chi connectivity index (χ1v) is 9.83. The second-order valence-electron chi connectivity index (χ2n) is 6.76. The van der Waals surface area contributed by atoms with Gasteiger partial charge in [-0.3, -0.25) is 0 Å². The Bertz CT molecular complexity index is 1110. The zero-order chi connectivity index (χ0) is 20.8. The molecule has 3 aromatic carbocycles. The van der Waals surface area contributed by atoms with E-state index in [0.29, 0.717) is 11.8 Å². The fraction of sp³-hybridized carbons (Fsp3) is 0.125. The van der Waals surface area contributed by atoms with Gasteiger partial charge in [-0.1, -0.05) is 73.7 Å². The molecule has 0 saturated carbocycles. The van der Waals surface area contributed by atoms with E-state index in [1.807, 2.05) is 84.9 Å². The topological polar surface area (TPSA) is 80.0 Å². The zero-order valence-corrected chi connectivity index (χ0v) is 16.6. The van der Waals surface area contributed by atoms with E-state index in [0.717, 1.165) is 28.8 Å². The van der Waals surface area contributed by atoms with Gasteiger partial charge < -0.3 is 15.1 Å². The highest BCUT2D eigenvalue weighted by atomic mass is 16.4. The number of hydrogen-bond donors (Lipinski definition) is 2. The molecule has 0 radical (unpaired) electrons. The van der Waals surface area contributed by atoms with Crippen molar-refractivity contribution in [2.24, 2.45) is 0 Å². The Kier molecular flexibility index (Phi) is 5.85. The summed E-state index contributed by atoms with van der Waals surface area (Å²) in [6.45, 7) is 2.05. The van der Waals surface area contributed by atoms with Crippen LogP contribution in [0.2, 0.25) is 0 Å². The number of amides is 2. The quantitative estimate of drug-likeness (QED) is 0.467. The predicted octanol–water partition coefficient (Wildman–Crippen LogP) is 5.21. The van der Waals surface area contributed by atoms with Gasteiger partial charge in [0, 0.05) is 11.3 Å². The minimum absolute atomic E-state index is 0.318. The van der Waals surface area contributed by atoms with E-state index in [1.165, 1.54) is 0 Å². The van der Waals surface area contributed by atoms with Crippen molar-refractivity contribution in [1.82, 2.24) is 15.5 Å². The molecule has 0 bridgehead atoms. The molecular weight excluding hydrogens is 376 g/mol. The lowest BCUT2D eigenvalue weighted by Crippen LogP contribution is -2.33. The Morgan fingerprint density at radius 2 is 1.57 bits per heavy atom. The molecule has 0 aliphatic carbocycles. The maximum absolute atomic E-state index is 12.8. The third-order valence-corrected chi connectivity index (χ3v) is 4.76. The number of carbonyl (C=O) groups is 1. The van der Waals surface area contributed by atoms with Crippen molar-refractivity contribution in [1.29, 1.82) is 0 Å². The molecule has 30 heavy (non-hydrogen) atoms. The van der Waals surface area contributed by atoms with Crippen LogP contribution in [0.3, 0.4) is 0 Å². The highest BCUT2D eigenvalue weighted by Gasteiger charge is 2.23. The summed E-state index contributed by atoms with van der Waals surface area (Å²) in [6, 6.07) is 25.9. The lowest BCUT2D eigenvalue weighted by molar-refractivity contribution is 0.248. The fourth-order valence-corrected chi connectivity index (χ4v) is 3.22. The lowest BCUT2D eigenvalue weighted by atomic mass is 10.1. The average molecular weight is 398 g/mol. The molecule has 0 aliphatic rings. The van der Waals surface area contributed by atoms with Gasteiger partial charge in [0.2, 0.25) is 11.8 Å². The molecule has 2 amide bonds. The maximum atomic E-state index is 12.8. The van der Waals surface area contributed by atoms with E-state index in [-0.39, 0.29) is 6.03 Å². The number of aryl methyl sites for hydroxylation is 1. The van der Waals surface area contributed by atoms with Gasteiger partial charge in [0.15, 0.2) is 0 Å². The number of urea groups is 1. The first-order chi connectivity index (χ1) is 14.7. The van der Waals surface area contributed by atoms with Crippen molar-refractivity contribution in [2.75, 3.05) is 5.32 Å². The molecule has 0 unspecified atom stereocenters. The molecule has 0 fully saturated rings. The molecular formula is C24H22N4O2. The van der Waals surface area contributed by atoms with E-state index in [2.05, 4.69) is 27.8 Å². The average Bonchev–Trinajstić information content (AvgIpc) is 3.29. The number of anilines is 1. The van der Waals surface area contributed by atoms with Crippen molar-refractivity contribution in [2.45, 2.75) is 19.4 Å². The number of para-hydroxylation sites is 1. The smallest absolute Gasteiger partial charge is 0.320 e. The zero-order valence-electron chi connectivity index (χ0n) is 16.6. The fourth-order valence-electron chi connectivity index (χ4n) is 3.22. The molecule has 6 nitrogen and oxygen atoms in total. The summed E-state index contributed by atoms with van der Waals surface area (Å²) in [5.74, 6) is 0.726. The third kappa shape index (κ3) is 4.38. The van der Waals surface area contributed by atoms with Crippen molar-refractivity contribution in [3.63, 3.8) is 0 Å². The summed E-state index contributed by atoms with van der Waals surface area (Å²) in [5, 5.41) is 14.3. The van der Waals surface area contributed by atoms with Gasteiger partial charge in [-0.05, 0) is 35.7 Å². The van der Waals surface area contributed by atoms with Gasteiger partial charge in [0.05, 0.1) is 0 Å². The van der Waals surface area contributed by atoms with E-state index < -0.39 is 6.04 Å². The summed E-state index contributed by atoms with van der Waals surface area (Å²) in [4.78, 5) is 12.8. The normalized spacial score (nSPS) is 11.6. The number of rotatable bonds is 6. The Morgan fingerprint density at radius 1 is 0.900 bits per heavy atom. The number of nitrogens with one attached hydrogen (secondary N) is 2. The van der Waals surface area contributed by atoms with Gasteiger partial charge in [0.25, 0.3) is 0 Å². The minimum atomic E-state index is -0.579. The summed E-state index contributed by atoms with van der Waals surface area (Å²) in [7, 11) is 0.